The Kier molecular flexibility index (Phi) is 1.94. The average Bonchev–Trinajstić information content (AvgIpc) is 2.70. The van der Waals surface area contributed by atoms with Gasteiger partial charge in [-0.15, -0.1) is 10.2 Å². The number of H-pyrrole nitrogens is 1. The molecule has 2 rings (SSSR count). The first-order valence-electron chi connectivity index (χ1n) is 3.83. The van der Waals surface area contributed by atoms with Crippen LogP contribution in [0.4, 0.5) is 0 Å². The molecule has 6 heteroatoms. The van der Waals surface area contributed by atoms with E-state index in [1.807, 2.05) is 0 Å². The molecule has 2 N–H and O–H groups in total. The Bertz CT molecular complexity index is 452. The van der Waals surface area contributed by atoms with Crippen LogP contribution in [0.15, 0.2) is 24.8 Å². The van der Waals surface area contributed by atoms with Gasteiger partial charge < -0.3 is 10.1 Å². The van der Waals surface area contributed by atoms with Gasteiger partial charge in [0, 0.05) is 18.0 Å². The summed E-state index contributed by atoms with van der Waals surface area (Å²) in [7, 11) is 0. The molecule has 0 aromatic carbocycles. The third-order valence-electron chi connectivity index (χ3n) is 1.69. The summed E-state index contributed by atoms with van der Waals surface area (Å²) < 4.78 is 0. The molecular formula is C8H6N4O2. The first-order chi connectivity index (χ1) is 6.79. The Labute approximate surface area is 78.6 Å². The molecule has 0 atom stereocenters. The van der Waals surface area contributed by atoms with Crippen molar-refractivity contribution in [2.45, 2.75) is 0 Å². The summed E-state index contributed by atoms with van der Waals surface area (Å²) in [5.41, 5.74) is 0.823. The van der Waals surface area contributed by atoms with Crippen LogP contribution in [-0.2, 0) is 0 Å². The molecule has 0 saturated heterocycles. The van der Waals surface area contributed by atoms with Gasteiger partial charge in [-0.25, -0.2) is 9.78 Å². The van der Waals surface area contributed by atoms with Crippen molar-refractivity contribution < 1.29 is 9.90 Å². The summed E-state index contributed by atoms with van der Waals surface area (Å²) >= 11 is 0. The SMILES string of the molecule is O=C(O)c1ncnnc1-c1cc[nH]c1. The van der Waals surface area contributed by atoms with E-state index in [1.165, 1.54) is 0 Å². The lowest BCUT2D eigenvalue weighted by atomic mass is 10.2. The largest absolute Gasteiger partial charge is 0.476 e. The van der Waals surface area contributed by atoms with Crippen molar-refractivity contribution in [3.05, 3.63) is 30.5 Å². The van der Waals surface area contributed by atoms with Crippen LogP contribution in [0.2, 0.25) is 0 Å². The molecule has 0 unspecified atom stereocenters. The Morgan fingerprint density at radius 2 is 2.36 bits per heavy atom. The number of aromatic amines is 1. The summed E-state index contributed by atoms with van der Waals surface area (Å²) in [6, 6.07) is 1.71. The van der Waals surface area contributed by atoms with E-state index in [2.05, 4.69) is 20.2 Å². The first kappa shape index (κ1) is 8.36. The van der Waals surface area contributed by atoms with Crippen molar-refractivity contribution in [3.63, 3.8) is 0 Å². The predicted octanol–water partition coefficient (Wildman–Crippen LogP) is 0.565. The zero-order valence-electron chi connectivity index (χ0n) is 7.01. The quantitative estimate of drug-likeness (QED) is 0.722. The maximum absolute atomic E-state index is 10.8. The Hall–Kier alpha value is -2.24. The highest BCUT2D eigenvalue weighted by atomic mass is 16.4. The van der Waals surface area contributed by atoms with Gasteiger partial charge >= 0.3 is 5.97 Å². The molecule has 14 heavy (non-hydrogen) atoms. The van der Waals surface area contributed by atoms with E-state index in [0.717, 1.165) is 6.33 Å². The number of hydrogen-bond donors (Lipinski definition) is 2. The van der Waals surface area contributed by atoms with Gasteiger partial charge in [0.25, 0.3) is 0 Å². The minimum atomic E-state index is -1.11. The molecule has 0 aliphatic carbocycles. The smallest absolute Gasteiger partial charge is 0.356 e. The van der Waals surface area contributed by atoms with Gasteiger partial charge in [0.15, 0.2) is 5.69 Å². The minimum absolute atomic E-state index is 0.0976. The summed E-state index contributed by atoms with van der Waals surface area (Å²) in [5, 5.41) is 16.1. The molecule has 2 heterocycles. The number of nitrogens with zero attached hydrogens (tertiary/aromatic N) is 3. The highest BCUT2D eigenvalue weighted by Gasteiger charge is 2.14. The number of carbonyl (C=O) groups is 1. The normalized spacial score (nSPS) is 10.0. The third-order valence-corrected chi connectivity index (χ3v) is 1.69. The van der Waals surface area contributed by atoms with Gasteiger partial charge in [-0.05, 0) is 6.07 Å². The van der Waals surface area contributed by atoms with Gasteiger partial charge in [-0.3, -0.25) is 0 Å². The fraction of sp³-hybridized carbons (Fsp3) is 0. The van der Waals surface area contributed by atoms with E-state index in [1.54, 1.807) is 18.5 Å². The number of carboxylic acid groups (broad SMARTS) is 1. The summed E-state index contributed by atoms with van der Waals surface area (Å²) in [6.07, 6.45) is 4.42. The lowest BCUT2D eigenvalue weighted by molar-refractivity contribution is 0.0690. The van der Waals surface area contributed by atoms with Crippen molar-refractivity contribution in [1.82, 2.24) is 20.2 Å². The maximum Gasteiger partial charge on any atom is 0.356 e. The molecular weight excluding hydrogens is 184 g/mol. The van der Waals surface area contributed by atoms with Gasteiger partial charge in [-0.2, -0.15) is 0 Å². The maximum atomic E-state index is 10.8. The van der Waals surface area contributed by atoms with Crippen molar-refractivity contribution in [2.75, 3.05) is 0 Å². The monoisotopic (exact) mass is 190 g/mol. The van der Waals surface area contributed by atoms with Crippen LogP contribution < -0.4 is 0 Å². The van der Waals surface area contributed by atoms with Crippen LogP contribution in [0.5, 0.6) is 0 Å². The van der Waals surface area contributed by atoms with Crippen LogP contribution in [0.1, 0.15) is 10.5 Å². The zero-order valence-corrected chi connectivity index (χ0v) is 7.01. The molecule has 2 aromatic rings. The second-order valence-corrected chi connectivity index (χ2v) is 2.56. The second-order valence-electron chi connectivity index (χ2n) is 2.56. The minimum Gasteiger partial charge on any atom is -0.476 e. The molecule has 0 radical (unpaired) electrons. The highest BCUT2D eigenvalue weighted by Crippen LogP contribution is 2.17. The molecule has 0 saturated carbocycles. The Balaban J connectivity index is 2.58. The summed E-state index contributed by atoms with van der Waals surface area (Å²) in [6.45, 7) is 0. The van der Waals surface area contributed by atoms with Crippen molar-refractivity contribution >= 4 is 5.97 Å². The third kappa shape index (κ3) is 1.33. The zero-order chi connectivity index (χ0) is 9.97. The van der Waals surface area contributed by atoms with E-state index in [0.29, 0.717) is 5.56 Å². The van der Waals surface area contributed by atoms with Gasteiger partial charge in [-0.1, -0.05) is 0 Å². The molecule has 70 valence electrons. The Morgan fingerprint density at radius 3 is 3.00 bits per heavy atom. The fourth-order valence-corrected chi connectivity index (χ4v) is 1.10. The van der Waals surface area contributed by atoms with Crippen molar-refractivity contribution in [1.29, 1.82) is 0 Å². The molecule has 0 amide bonds. The molecule has 0 aliphatic rings. The predicted molar refractivity (Wildman–Crippen MR) is 46.6 cm³/mol. The van der Waals surface area contributed by atoms with E-state index >= 15 is 0 Å². The topological polar surface area (TPSA) is 91.8 Å². The van der Waals surface area contributed by atoms with E-state index in [4.69, 9.17) is 5.11 Å². The number of carboxylic acids is 1. The fourth-order valence-electron chi connectivity index (χ4n) is 1.10. The number of hydrogen-bond acceptors (Lipinski definition) is 4. The molecule has 0 bridgehead atoms. The number of aromatic nitrogens is 4. The lowest BCUT2D eigenvalue weighted by Crippen LogP contribution is -2.05. The van der Waals surface area contributed by atoms with Crippen LogP contribution in [0.25, 0.3) is 11.3 Å². The van der Waals surface area contributed by atoms with Crippen LogP contribution in [-0.4, -0.2) is 31.2 Å². The second kappa shape index (κ2) is 3.25. The molecule has 0 fully saturated rings. The van der Waals surface area contributed by atoms with Gasteiger partial charge in [0.05, 0.1) is 0 Å². The van der Waals surface area contributed by atoms with E-state index < -0.39 is 5.97 Å². The van der Waals surface area contributed by atoms with Crippen LogP contribution >= 0.6 is 0 Å². The number of rotatable bonds is 2. The molecule has 6 nitrogen and oxygen atoms in total. The molecule has 2 aromatic heterocycles. The van der Waals surface area contributed by atoms with Crippen LogP contribution in [0.3, 0.4) is 0 Å². The average molecular weight is 190 g/mol. The summed E-state index contributed by atoms with van der Waals surface area (Å²) in [4.78, 5) is 17.2. The number of aromatic carboxylic acids is 1. The molecule has 0 spiro atoms. The van der Waals surface area contributed by atoms with E-state index in [9.17, 15) is 4.79 Å². The van der Waals surface area contributed by atoms with Crippen molar-refractivity contribution in [3.8, 4) is 11.3 Å². The first-order valence-corrected chi connectivity index (χ1v) is 3.83. The number of nitrogens with one attached hydrogen (secondary N) is 1. The van der Waals surface area contributed by atoms with E-state index in [-0.39, 0.29) is 11.4 Å². The Morgan fingerprint density at radius 1 is 1.50 bits per heavy atom. The van der Waals surface area contributed by atoms with Crippen LogP contribution in [0, 0.1) is 0 Å². The standard InChI is InChI=1S/C8H6N4O2/c13-8(14)7-6(12-11-4-10-7)5-1-2-9-3-5/h1-4,9H,(H,13,14). The van der Waals surface area contributed by atoms with Crippen molar-refractivity contribution in [2.24, 2.45) is 0 Å². The lowest BCUT2D eigenvalue weighted by Gasteiger charge is -1.98. The van der Waals surface area contributed by atoms with Gasteiger partial charge in [0.1, 0.15) is 12.0 Å². The molecule has 0 aliphatic heterocycles. The highest BCUT2D eigenvalue weighted by molar-refractivity contribution is 5.92. The summed E-state index contributed by atoms with van der Waals surface area (Å²) in [5.74, 6) is -1.11. The van der Waals surface area contributed by atoms with Gasteiger partial charge in [0.2, 0.25) is 0 Å².